The van der Waals surface area contributed by atoms with Crippen LogP contribution in [0.5, 0.6) is 0 Å². The fourth-order valence-electron chi connectivity index (χ4n) is 19.0. The van der Waals surface area contributed by atoms with Crippen molar-refractivity contribution in [3.05, 3.63) is 107 Å². The lowest BCUT2D eigenvalue weighted by molar-refractivity contribution is -0.265. The molecular formula is C98H143N11O23. The number of carbonyl (C=O) groups is 7. The number of amides is 3. The molecule has 34 nitrogen and oxygen atoms in total. The molecule has 1 unspecified atom stereocenters. The van der Waals surface area contributed by atoms with Crippen molar-refractivity contribution in [3.8, 4) is 11.3 Å². The highest BCUT2D eigenvalue weighted by atomic mass is 16.6. The number of benzene rings is 2. The van der Waals surface area contributed by atoms with Crippen LogP contribution in [0.1, 0.15) is 168 Å². The summed E-state index contributed by atoms with van der Waals surface area (Å²) in [4.78, 5) is 116. The zero-order chi connectivity index (χ0) is 94.4. The summed E-state index contributed by atoms with van der Waals surface area (Å²) in [5.74, 6) is -7.25. The number of rotatable bonds is 36. The molecule has 16 atom stereocenters. The quantitative estimate of drug-likeness (QED) is 0.0108. The summed E-state index contributed by atoms with van der Waals surface area (Å²) in [6, 6.07) is 10.8. The summed E-state index contributed by atoms with van der Waals surface area (Å²) < 4.78 is 84.3. The Morgan fingerprint density at radius 1 is 0.697 bits per heavy atom. The van der Waals surface area contributed by atoms with Crippen LogP contribution in [-0.2, 0) is 115 Å². The highest BCUT2D eigenvalue weighted by molar-refractivity contribution is 6.39. The van der Waals surface area contributed by atoms with Gasteiger partial charge in [0.2, 0.25) is 17.6 Å². The topological polar surface area (TPSA) is 423 Å². The van der Waals surface area contributed by atoms with E-state index in [1.807, 2.05) is 92.8 Å². The number of oxazole rings is 1. The molecule has 34 heteroatoms. The Hall–Kier alpha value is -8.85. The van der Waals surface area contributed by atoms with E-state index >= 15 is 0 Å². The molecule has 6 aliphatic rings. The van der Waals surface area contributed by atoms with Crippen molar-refractivity contribution in [3.63, 3.8) is 0 Å². The summed E-state index contributed by atoms with van der Waals surface area (Å²) >= 11 is 0. The van der Waals surface area contributed by atoms with Gasteiger partial charge in [-0.3, -0.25) is 33.7 Å². The first kappa shape index (κ1) is 104. The number of anilines is 2. The fourth-order valence-corrected chi connectivity index (χ4v) is 19.0. The standard InChI is InChI=1S/C98H143N11O23/c1-62-17-13-12-14-18-63(2)80(119-8)56-75-25-20-68(7)98(118,132-75)92(115)95(116)108-33-16-15-19-77(108)96(117)130-82(57-81(120-9)64(3)50-67(6)90(114)91(122-11)89(113)66(5)49-62)65(4)51-70-22-26-79(83(53-70)121-10)129-86(112)54-69-28-34-106(35-29-69)60-84(110)101-32-38-124-40-42-126-44-46-128-48-47-127-45-43-125-41-39-123-37-31-85(111)107-36-30-72-52-71(21-23-74(72)59-107)58-109-94-87(93(99)102-61-103-94)88(105-109)73-24-27-78-76(55-73)104-97(100)131-78/h12-14,17-18,21,23-24,27,50,52,55,61-62,64-66,68-70,75,77,79-83,90-91,114,118H,15-16,19-20,22,25-26,28-49,51,53-54,56-60H2,1-11H3,(H2,100,104)(H,101,110)(H2,99,102,103)/b14-12+,17-13+,63-18+,67-50+/t62-,64-,65-,66-,68-,70+,75+,77+,79-,80+,81?,82+,83-,90-,91+,98-/m1/s1. The highest BCUT2D eigenvalue weighted by Crippen LogP contribution is 2.41. The second-order valence-corrected chi connectivity index (χ2v) is 36.5. The van der Waals surface area contributed by atoms with Gasteiger partial charge in [0.15, 0.2) is 17.0 Å². The molecular weight excluding hydrogens is 1700 g/mol. The number of aromatic nitrogens is 5. The molecule has 0 radical (unpaired) electrons. The Balaban J connectivity index is 0.531. The van der Waals surface area contributed by atoms with E-state index in [1.54, 1.807) is 41.2 Å². The lowest BCUT2D eigenvalue weighted by Crippen LogP contribution is -2.61. The number of Topliss-reactive ketones (excluding diaryl/α,β-unsaturated/α-hetero) is 2. The minimum Gasteiger partial charge on any atom is -0.460 e. The van der Waals surface area contributed by atoms with Crippen molar-refractivity contribution in [2.45, 2.75) is 231 Å². The lowest BCUT2D eigenvalue weighted by Gasteiger charge is -2.43. The number of aliphatic hydroxyl groups excluding tert-OH is 1. The van der Waals surface area contributed by atoms with Crippen molar-refractivity contribution in [2.75, 3.05) is 158 Å². The van der Waals surface area contributed by atoms with Crippen molar-refractivity contribution < 1.29 is 110 Å². The number of carbonyl (C=O) groups excluding carboxylic acids is 7. The van der Waals surface area contributed by atoms with Crippen LogP contribution in [0.4, 0.5) is 11.8 Å². The first-order valence-corrected chi connectivity index (χ1v) is 47.3. The highest BCUT2D eigenvalue weighted by Gasteiger charge is 2.53. The van der Waals surface area contributed by atoms with E-state index in [0.29, 0.717) is 222 Å². The third-order valence-electron chi connectivity index (χ3n) is 26.8. The van der Waals surface area contributed by atoms with Gasteiger partial charge in [-0.25, -0.2) is 19.4 Å². The van der Waals surface area contributed by atoms with Gasteiger partial charge in [0, 0.05) is 97.2 Å². The van der Waals surface area contributed by atoms with Crippen LogP contribution in [0.3, 0.4) is 0 Å². The van der Waals surface area contributed by atoms with Crippen LogP contribution in [0.15, 0.2) is 94.7 Å². The molecule has 728 valence electrons. The summed E-state index contributed by atoms with van der Waals surface area (Å²) in [7, 11) is 6.19. The maximum absolute atomic E-state index is 15.0. The van der Waals surface area contributed by atoms with Crippen molar-refractivity contribution in [2.24, 2.45) is 41.4 Å². The monoisotopic (exact) mass is 1840 g/mol. The number of aliphatic hydroxyl groups is 2. The van der Waals surface area contributed by atoms with E-state index in [-0.39, 0.29) is 97.9 Å². The number of allylic oxidation sites excluding steroid dienone is 5. The molecule has 5 aromatic rings. The molecule has 11 rings (SSSR count). The lowest BCUT2D eigenvalue weighted by atomic mass is 9.78. The maximum atomic E-state index is 15.0. The average Bonchev–Trinajstić information content (AvgIpc) is 1.32. The van der Waals surface area contributed by atoms with Gasteiger partial charge in [-0.1, -0.05) is 89.3 Å². The Bertz CT molecular complexity index is 4700. The number of ether oxygens (including phenoxy) is 13. The molecule has 3 saturated heterocycles. The van der Waals surface area contributed by atoms with Crippen LogP contribution >= 0.6 is 0 Å². The molecule has 3 amide bonds. The number of nitrogens with two attached hydrogens (primary N) is 2. The second-order valence-electron chi connectivity index (χ2n) is 36.5. The van der Waals surface area contributed by atoms with Crippen molar-refractivity contribution in [1.82, 2.24) is 44.7 Å². The number of piperidine rings is 2. The van der Waals surface area contributed by atoms with Crippen LogP contribution in [-0.4, -0.2) is 299 Å². The zero-order valence-corrected chi connectivity index (χ0v) is 79.1. The molecule has 0 spiro atoms. The predicted octanol–water partition coefficient (Wildman–Crippen LogP) is 9.63. The van der Waals surface area contributed by atoms with Crippen LogP contribution in [0.2, 0.25) is 0 Å². The minimum atomic E-state index is -2.46. The van der Waals surface area contributed by atoms with Crippen molar-refractivity contribution >= 4 is 75.2 Å². The smallest absolute Gasteiger partial charge is 0.329 e. The average molecular weight is 1840 g/mol. The van der Waals surface area contributed by atoms with Crippen LogP contribution in [0, 0.1) is 41.4 Å². The molecule has 132 heavy (non-hydrogen) atoms. The van der Waals surface area contributed by atoms with Gasteiger partial charge in [-0.05, 0) is 180 Å². The van der Waals surface area contributed by atoms with Crippen LogP contribution < -0.4 is 16.8 Å². The number of nitrogens with one attached hydrogen (secondary N) is 1. The summed E-state index contributed by atoms with van der Waals surface area (Å²) in [5.41, 5.74) is 20.1. The number of ketones is 2. The normalized spacial score (nSPS) is 27.9. The molecule has 7 N–H and O–H groups in total. The second kappa shape index (κ2) is 51.7. The number of hydrogen-bond acceptors (Lipinski definition) is 30. The van der Waals surface area contributed by atoms with Gasteiger partial charge in [-0.2, -0.15) is 10.1 Å². The van der Waals surface area contributed by atoms with E-state index in [4.69, 9.17) is 82.6 Å². The largest absolute Gasteiger partial charge is 0.460 e. The summed E-state index contributed by atoms with van der Waals surface area (Å²) in [6.07, 6.45) is 15.6. The van der Waals surface area contributed by atoms with Gasteiger partial charge >= 0.3 is 11.9 Å². The zero-order valence-electron chi connectivity index (χ0n) is 79.1. The molecule has 4 fully saturated rings. The van der Waals surface area contributed by atoms with Gasteiger partial charge in [0.1, 0.15) is 53.8 Å². The third-order valence-corrected chi connectivity index (χ3v) is 26.8. The Morgan fingerprint density at radius 3 is 2.10 bits per heavy atom. The summed E-state index contributed by atoms with van der Waals surface area (Å²) in [6.45, 7) is 21.3. The van der Waals surface area contributed by atoms with Gasteiger partial charge in [0.05, 0.1) is 129 Å². The van der Waals surface area contributed by atoms with Gasteiger partial charge in [-0.15, -0.1) is 0 Å². The van der Waals surface area contributed by atoms with E-state index in [2.05, 4.69) is 43.4 Å². The fraction of sp³-hybridized carbons (Fsp3) is 0.663. The summed E-state index contributed by atoms with van der Waals surface area (Å²) in [5, 5.41) is 32.6. The molecule has 2 bridgehead atoms. The molecule has 3 aromatic heterocycles. The number of nitrogen functional groups attached to an aromatic ring is 2. The van der Waals surface area contributed by atoms with E-state index in [9.17, 15) is 43.8 Å². The van der Waals surface area contributed by atoms with Gasteiger partial charge in [0.25, 0.3) is 17.7 Å². The maximum Gasteiger partial charge on any atom is 0.329 e. The third kappa shape index (κ3) is 29.3. The van der Waals surface area contributed by atoms with E-state index < -0.39 is 90.2 Å². The number of nitrogens with zero attached hydrogens (tertiary/aromatic N) is 8. The first-order chi connectivity index (χ1) is 63.6. The number of cyclic esters (lactones) is 1. The van der Waals surface area contributed by atoms with Crippen LogP contribution in [0.25, 0.3) is 33.4 Å². The van der Waals surface area contributed by atoms with Crippen molar-refractivity contribution in [1.29, 1.82) is 0 Å². The van der Waals surface area contributed by atoms with E-state index in [1.165, 1.54) is 23.9 Å². The minimum absolute atomic E-state index is 0.00782. The molecule has 2 aromatic carbocycles. The number of fused-ring (bicyclic) bond motifs is 6. The Labute approximate surface area is 775 Å². The number of likely N-dealkylation sites (tertiary alicyclic amines) is 1. The van der Waals surface area contributed by atoms with E-state index in [0.717, 1.165) is 41.5 Å². The number of hydrogen-bond donors (Lipinski definition) is 5. The van der Waals surface area contributed by atoms with Gasteiger partial charge < -0.3 is 103 Å². The molecule has 1 aliphatic carbocycles. The SMILES string of the molecule is COC1C[C@@H]([C@H](C)C[C@@H]2CC[C@@H](OC(=O)CC3CCN(CC(=O)NCCOCCOCCOCCOCCOCCOCCC(=O)N4CCc5cc(Cn6nc(-c7ccc8oc(N)nc8c7)c7c(N)ncnc76)ccc5C4)CC3)[C@H](OC)C2)OC(=O)[C@@H]2CCCCN2C(=O)C(=O)[C@]2(O)O[C@@H](CC[C@H]2C)C[C@H](OC)/C(C)=C/C=C/C=C/[C@@H](C)C[C@@H](C)C(=O)[C@H](OC)[C@H](O)/C(C)=C/[C@H]1C. The Morgan fingerprint density at radius 2 is 1.40 bits per heavy atom. The number of methoxy groups -OCH3 is 4. The first-order valence-electron chi connectivity index (χ1n) is 47.3. The predicted molar refractivity (Wildman–Crippen MR) is 493 cm³/mol. The molecule has 5 aliphatic heterocycles. The number of esters is 2. The molecule has 1 saturated carbocycles. The molecule has 8 heterocycles. The Kier molecular flexibility index (Phi) is 40.6.